The number of hydrogen-bond acceptors (Lipinski definition) is 4. The highest BCUT2D eigenvalue weighted by Gasteiger charge is 2.23. The van der Waals surface area contributed by atoms with Crippen molar-refractivity contribution >= 4 is 21.6 Å². The molecule has 4 rings (SSSR count). The molecule has 0 aliphatic heterocycles. The van der Waals surface area contributed by atoms with Crippen LogP contribution < -0.4 is 10.3 Å². The summed E-state index contributed by atoms with van der Waals surface area (Å²) < 4.78 is 7.11. The Morgan fingerprint density at radius 1 is 1.25 bits per heavy atom. The van der Waals surface area contributed by atoms with Crippen LogP contribution in [-0.4, -0.2) is 16.2 Å². The summed E-state index contributed by atoms with van der Waals surface area (Å²) >= 11 is 1.61. The van der Waals surface area contributed by atoms with Crippen LogP contribution in [0.25, 0.3) is 15.9 Å². The first-order chi connectivity index (χ1) is 11.8. The summed E-state index contributed by atoms with van der Waals surface area (Å²) in [5, 5.41) is 0.742. The van der Waals surface area contributed by atoms with Crippen LogP contribution in [0, 0.1) is 12.3 Å². The molecule has 0 amide bonds. The maximum absolute atomic E-state index is 13.2. The number of aromatic nitrogens is 2. The van der Waals surface area contributed by atoms with Gasteiger partial charge < -0.3 is 4.74 Å². The third-order valence-electron chi connectivity index (χ3n) is 4.26. The lowest BCUT2D eigenvalue weighted by Gasteiger charge is -2.13. The fraction of sp³-hybridized carbons (Fsp3) is 0.263. The topological polar surface area (TPSA) is 44.1 Å². The molecule has 1 aliphatic carbocycles. The van der Waals surface area contributed by atoms with Crippen molar-refractivity contribution in [2.45, 2.75) is 25.7 Å². The zero-order valence-corrected chi connectivity index (χ0v) is 13.9. The van der Waals surface area contributed by atoms with Crippen LogP contribution in [-0.2, 0) is 12.8 Å². The Labute approximate surface area is 143 Å². The molecule has 5 heteroatoms. The first kappa shape index (κ1) is 15.0. The summed E-state index contributed by atoms with van der Waals surface area (Å²) in [5.74, 6) is 2.44. The summed E-state index contributed by atoms with van der Waals surface area (Å²) in [5.41, 5.74) is 1.84. The highest BCUT2D eigenvalue weighted by atomic mass is 32.1. The molecule has 0 saturated carbocycles. The molecular formula is C19H16N2O2S. The van der Waals surface area contributed by atoms with Gasteiger partial charge in [-0.15, -0.1) is 17.8 Å². The molecule has 3 aromatic rings. The van der Waals surface area contributed by atoms with E-state index >= 15 is 0 Å². The number of ether oxygens (including phenoxy) is 1. The highest BCUT2D eigenvalue weighted by molar-refractivity contribution is 7.18. The molecule has 24 heavy (non-hydrogen) atoms. The molecule has 0 saturated heterocycles. The smallest absolute Gasteiger partial charge is 0.306 e. The van der Waals surface area contributed by atoms with Crippen LogP contribution >= 0.6 is 11.3 Å². The second-order valence-corrected chi connectivity index (χ2v) is 6.84. The fourth-order valence-electron chi connectivity index (χ4n) is 3.19. The average Bonchev–Trinajstić information content (AvgIpc) is 2.99. The van der Waals surface area contributed by atoms with E-state index in [1.807, 2.05) is 30.3 Å². The third-order valence-corrected chi connectivity index (χ3v) is 5.44. The molecular weight excluding hydrogens is 320 g/mol. The number of hydrogen-bond donors (Lipinski definition) is 0. The monoisotopic (exact) mass is 336 g/mol. The van der Waals surface area contributed by atoms with E-state index in [1.165, 1.54) is 21.4 Å². The Kier molecular flexibility index (Phi) is 3.83. The minimum Gasteiger partial charge on any atom is -0.451 e. The van der Waals surface area contributed by atoms with Gasteiger partial charge in [0, 0.05) is 4.88 Å². The zero-order valence-electron chi connectivity index (χ0n) is 13.1. The number of rotatable bonds is 3. The second-order valence-electron chi connectivity index (χ2n) is 5.75. The molecule has 1 aromatic carbocycles. The molecule has 0 atom stereocenters. The molecule has 2 heterocycles. The molecule has 1 aliphatic rings. The van der Waals surface area contributed by atoms with E-state index in [2.05, 4.69) is 10.9 Å². The Morgan fingerprint density at radius 2 is 2.04 bits per heavy atom. The maximum Gasteiger partial charge on any atom is 0.306 e. The Bertz CT molecular complexity index is 996. The largest absolute Gasteiger partial charge is 0.451 e. The van der Waals surface area contributed by atoms with Gasteiger partial charge in [-0.25, -0.2) is 4.57 Å². The van der Waals surface area contributed by atoms with E-state index in [0.29, 0.717) is 0 Å². The van der Waals surface area contributed by atoms with Gasteiger partial charge in [0.15, 0.2) is 6.61 Å². The molecule has 0 fully saturated rings. The molecule has 0 spiro atoms. The molecule has 2 aromatic heterocycles. The minimum atomic E-state index is -0.0716. The Hall–Kier alpha value is -2.58. The van der Waals surface area contributed by atoms with Gasteiger partial charge in [-0.2, -0.15) is 4.98 Å². The third kappa shape index (κ3) is 2.40. The van der Waals surface area contributed by atoms with Crippen LogP contribution in [0.3, 0.4) is 0 Å². The van der Waals surface area contributed by atoms with Gasteiger partial charge in [-0.05, 0) is 43.4 Å². The van der Waals surface area contributed by atoms with E-state index in [-0.39, 0.29) is 18.2 Å². The predicted octanol–water partition coefficient (Wildman–Crippen LogP) is 3.34. The Balaban J connectivity index is 2.02. The summed E-state index contributed by atoms with van der Waals surface area (Å²) in [7, 11) is 0. The number of fused-ring (bicyclic) bond motifs is 3. The maximum atomic E-state index is 13.2. The normalized spacial score (nSPS) is 13.5. The molecule has 0 N–H and O–H groups in total. The van der Waals surface area contributed by atoms with Crippen LogP contribution in [0.2, 0.25) is 0 Å². The van der Waals surface area contributed by atoms with Crippen molar-refractivity contribution in [2.75, 3.05) is 6.61 Å². The predicted molar refractivity (Wildman–Crippen MR) is 96.2 cm³/mol. The summed E-state index contributed by atoms with van der Waals surface area (Å²) in [4.78, 5) is 19.9. The number of aryl methyl sites for hydroxylation is 2. The van der Waals surface area contributed by atoms with E-state index in [4.69, 9.17) is 11.2 Å². The highest BCUT2D eigenvalue weighted by Crippen LogP contribution is 2.34. The van der Waals surface area contributed by atoms with Crippen LogP contribution in [0.15, 0.2) is 35.1 Å². The summed E-state index contributed by atoms with van der Waals surface area (Å²) in [6.45, 7) is 0.0792. The number of terminal acetylenes is 1. The van der Waals surface area contributed by atoms with E-state index < -0.39 is 0 Å². The van der Waals surface area contributed by atoms with Crippen LogP contribution in [0.4, 0.5) is 0 Å². The van der Waals surface area contributed by atoms with Gasteiger partial charge in [-0.3, -0.25) is 4.79 Å². The van der Waals surface area contributed by atoms with Gasteiger partial charge >= 0.3 is 6.01 Å². The first-order valence-corrected chi connectivity index (χ1v) is 8.80. The first-order valence-electron chi connectivity index (χ1n) is 7.98. The quantitative estimate of drug-likeness (QED) is 0.689. The van der Waals surface area contributed by atoms with E-state index in [0.717, 1.165) is 35.2 Å². The number of benzene rings is 1. The van der Waals surface area contributed by atoms with Crippen molar-refractivity contribution in [3.63, 3.8) is 0 Å². The molecule has 0 unspecified atom stereocenters. The Morgan fingerprint density at radius 3 is 2.83 bits per heavy atom. The number of nitrogens with zero attached hydrogens (tertiary/aromatic N) is 2. The van der Waals surface area contributed by atoms with Gasteiger partial charge in [0.25, 0.3) is 5.56 Å². The summed E-state index contributed by atoms with van der Waals surface area (Å²) in [6, 6.07) is 9.69. The van der Waals surface area contributed by atoms with Crippen molar-refractivity contribution in [1.29, 1.82) is 0 Å². The lowest BCUT2D eigenvalue weighted by molar-refractivity contribution is 0.330. The summed E-state index contributed by atoms with van der Waals surface area (Å²) in [6.07, 6.45) is 9.58. The number of para-hydroxylation sites is 1. The van der Waals surface area contributed by atoms with Crippen LogP contribution in [0.5, 0.6) is 6.01 Å². The SMILES string of the molecule is C#CCOc1nc2sc3c(c2c(=O)n1-c1ccccc1)CCCC3. The van der Waals surface area contributed by atoms with Crippen molar-refractivity contribution < 1.29 is 4.74 Å². The fourth-order valence-corrected chi connectivity index (χ4v) is 4.44. The van der Waals surface area contributed by atoms with E-state index in [1.54, 1.807) is 11.3 Å². The molecule has 4 nitrogen and oxygen atoms in total. The number of thiophene rings is 1. The van der Waals surface area contributed by atoms with E-state index in [9.17, 15) is 4.79 Å². The van der Waals surface area contributed by atoms with Crippen molar-refractivity contribution in [1.82, 2.24) is 9.55 Å². The average molecular weight is 336 g/mol. The zero-order chi connectivity index (χ0) is 16.5. The second kappa shape index (κ2) is 6.14. The van der Waals surface area contributed by atoms with Crippen molar-refractivity contribution in [2.24, 2.45) is 0 Å². The lowest BCUT2D eigenvalue weighted by Crippen LogP contribution is -2.22. The van der Waals surface area contributed by atoms with Gasteiger partial charge in [0.05, 0.1) is 11.1 Å². The van der Waals surface area contributed by atoms with Crippen molar-refractivity contribution in [3.05, 3.63) is 51.1 Å². The van der Waals surface area contributed by atoms with Gasteiger partial charge in [0.2, 0.25) is 0 Å². The molecule has 0 radical (unpaired) electrons. The van der Waals surface area contributed by atoms with Crippen molar-refractivity contribution in [3.8, 4) is 24.0 Å². The van der Waals surface area contributed by atoms with Crippen LogP contribution in [0.1, 0.15) is 23.3 Å². The lowest BCUT2D eigenvalue weighted by atomic mass is 9.97. The standard InChI is InChI=1S/C19H16N2O2S/c1-2-12-23-19-20-17-16(14-10-6-7-11-15(14)24-17)18(22)21(19)13-8-4-3-5-9-13/h1,3-5,8-9H,6-7,10-12H2. The molecule has 120 valence electrons. The molecule has 0 bridgehead atoms. The van der Waals surface area contributed by atoms with Gasteiger partial charge in [-0.1, -0.05) is 24.1 Å². The minimum absolute atomic E-state index is 0.0716. The van der Waals surface area contributed by atoms with Gasteiger partial charge in [0.1, 0.15) is 4.83 Å².